The van der Waals surface area contributed by atoms with E-state index in [-0.39, 0.29) is 5.54 Å². The highest BCUT2D eigenvalue weighted by Gasteiger charge is 2.36. The van der Waals surface area contributed by atoms with Crippen molar-refractivity contribution in [3.8, 4) is 0 Å². The molecule has 0 aromatic carbocycles. The van der Waals surface area contributed by atoms with Gasteiger partial charge in [-0.3, -0.25) is 4.90 Å². The number of thiophene rings is 1. The van der Waals surface area contributed by atoms with Crippen LogP contribution in [-0.2, 0) is 6.42 Å². The number of nitrogens with zero attached hydrogens (tertiary/aromatic N) is 1. The van der Waals surface area contributed by atoms with Crippen LogP contribution < -0.4 is 5.32 Å². The number of hydrogen-bond acceptors (Lipinski definition) is 3. The zero-order chi connectivity index (χ0) is 15.0. The Bertz CT molecular complexity index is 346. The zero-order valence-electron chi connectivity index (χ0n) is 13.9. The van der Waals surface area contributed by atoms with Crippen LogP contribution in [0.5, 0.6) is 0 Å². The first-order valence-electron chi connectivity index (χ1n) is 8.11. The highest BCUT2D eigenvalue weighted by molar-refractivity contribution is 7.07. The number of rotatable bonds is 10. The second-order valence-electron chi connectivity index (χ2n) is 5.73. The molecular formula is C17H32N2S. The van der Waals surface area contributed by atoms with Crippen molar-refractivity contribution in [3.05, 3.63) is 22.4 Å². The first-order valence-corrected chi connectivity index (χ1v) is 9.06. The third-order valence-electron chi connectivity index (χ3n) is 4.61. The van der Waals surface area contributed by atoms with Gasteiger partial charge in [-0.15, -0.1) is 0 Å². The van der Waals surface area contributed by atoms with Gasteiger partial charge in [0.05, 0.1) is 0 Å². The van der Waals surface area contributed by atoms with Gasteiger partial charge in [-0.25, -0.2) is 0 Å². The molecule has 0 aliphatic heterocycles. The Labute approximate surface area is 129 Å². The Kier molecular flexibility index (Phi) is 7.78. The minimum absolute atomic E-state index is 0.223. The average molecular weight is 297 g/mol. The van der Waals surface area contributed by atoms with Crippen LogP contribution >= 0.6 is 11.3 Å². The van der Waals surface area contributed by atoms with E-state index in [0.717, 1.165) is 26.1 Å². The molecule has 2 unspecified atom stereocenters. The minimum Gasteiger partial charge on any atom is -0.312 e. The molecule has 0 saturated carbocycles. The van der Waals surface area contributed by atoms with E-state index in [1.165, 1.54) is 18.4 Å². The highest BCUT2D eigenvalue weighted by atomic mass is 32.1. The van der Waals surface area contributed by atoms with Gasteiger partial charge >= 0.3 is 0 Å². The van der Waals surface area contributed by atoms with Crippen LogP contribution in [0.15, 0.2) is 16.8 Å². The van der Waals surface area contributed by atoms with E-state index < -0.39 is 0 Å². The van der Waals surface area contributed by atoms with E-state index in [1.54, 1.807) is 11.3 Å². The second kappa shape index (κ2) is 8.81. The molecule has 1 aromatic rings. The summed E-state index contributed by atoms with van der Waals surface area (Å²) in [5.74, 6) is 0. The molecule has 0 amide bonds. The smallest absolute Gasteiger partial charge is 0.0334 e. The maximum atomic E-state index is 3.81. The average Bonchev–Trinajstić information content (AvgIpc) is 2.97. The molecule has 0 radical (unpaired) electrons. The fourth-order valence-corrected chi connectivity index (χ4v) is 3.79. The summed E-state index contributed by atoms with van der Waals surface area (Å²) in [7, 11) is 0. The van der Waals surface area contributed by atoms with Crippen molar-refractivity contribution >= 4 is 11.3 Å². The predicted molar refractivity (Wildman–Crippen MR) is 91.7 cm³/mol. The van der Waals surface area contributed by atoms with Crippen LogP contribution in [-0.4, -0.2) is 36.1 Å². The lowest BCUT2D eigenvalue weighted by atomic mass is 9.83. The summed E-state index contributed by atoms with van der Waals surface area (Å²) in [6.07, 6.45) is 3.50. The Morgan fingerprint density at radius 1 is 1.25 bits per heavy atom. The molecule has 1 heterocycles. The first kappa shape index (κ1) is 17.7. The van der Waals surface area contributed by atoms with E-state index in [0.29, 0.717) is 6.04 Å². The van der Waals surface area contributed by atoms with Gasteiger partial charge in [-0.05, 0) is 68.2 Å². The molecule has 0 bridgehead atoms. The summed E-state index contributed by atoms with van der Waals surface area (Å²) in [6, 6.07) is 2.78. The van der Waals surface area contributed by atoms with Crippen molar-refractivity contribution in [1.29, 1.82) is 0 Å². The van der Waals surface area contributed by atoms with Crippen LogP contribution in [0.4, 0.5) is 0 Å². The quantitative estimate of drug-likeness (QED) is 0.697. The SMILES string of the molecule is CCCNC(Cc1ccsc1)C(C)(CC)N(CC)CC. The number of likely N-dealkylation sites (N-methyl/N-ethyl adjacent to an activating group) is 1. The molecule has 20 heavy (non-hydrogen) atoms. The van der Waals surface area contributed by atoms with Crippen LogP contribution in [0.1, 0.15) is 53.0 Å². The Hall–Kier alpha value is -0.380. The fourth-order valence-electron chi connectivity index (χ4n) is 3.11. The molecule has 1 rings (SSSR count). The van der Waals surface area contributed by atoms with Crippen LogP contribution in [0.2, 0.25) is 0 Å². The predicted octanol–water partition coefficient (Wildman–Crippen LogP) is 4.17. The van der Waals surface area contributed by atoms with E-state index in [2.05, 4.69) is 61.7 Å². The maximum absolute atomic E-state index is 3.81. The molecule has 0 aliphatic rings. The normalized spacial score (nSPS) is 16.3. The standard InChI is InChI=1S/C17H32N2S/c1-6-11-18-16(13-15-10-12-20-14-15)17(5,7-2)19(8-3)9-4/h10,12,14,16,18H,6-9,11,13H2,1-5H3. The van der Waals surface area contributed by atoms with Gasteiger partial charge in [0.1, 0.15) is 0 Å². The van der Waals surface area contributed by atoms with Gasteiger partial charge in [0.15, 0.2) is 0 Å². The summed E-state index contributed by atoms with van der Waals surface area (Å²) in [6.45, 7) is 14.9. The molecular weight excluding hydrogens is 264 g/mol. The first-order chi connectivity index (χ1) is 9.62. The Balaban J connectivity index is 2.92. The molecule has 1 N–H and O–H groups in total. The lowest BCUT2D eigenvalue weighted by Crippen LogP contribution is -2.60. The van der Waals surface area contributed by atoms with Gasteiger partial charge < -0.3 is 5.32 Å². The molecule has 0 aliphatic carbocycles. The van der Waals surface area contributed by atoms with Gasteiger partial charge in [-0.2, -0.15) is 11.3 Å². The summed E-state index contributed by atoms with van der Waals surface area (Å²) in [5.41, 5.74) is 1.69. The Morgan fingerprint density at radius 2 is 1.95 bits per heavy atom. The zero-order valence-corrected chi connectivity index (χ0v) is 14.7. The van der Waals surface area contributed by atoms with Gasteiger partial charge in [0.25, 0.3) is 0 Å². The van der Waals surface area contributed by atoms with E-state index in [1.807, 2.05) is 0 Å². The van der Waals surface area contributed by atoms with Gasteiger partial charge in [0, 0.05) is 11.6 Å². The second-order valence-corrected chi connectivity index (χ2v) is 6.51. The largest absolute Gasteiger partial charge is 0.312 e. The van der Waals surface area contributed by atoms with Crippen molar-refractivity contribution in [1.82, 2.24) is 10.2 Å². The summed E-state index contributed by atoms with van der Waals surface area (Å²) in [4.78, 5) is 2.62. The van der Waals surface area contributed by atoms with Crippen molar-refractivity contribution in [2.75, 3.05) is 19.6 Å². The number of nitrogens with one attached hydrogen (secondary N) is 1. The molecule has 0 spiro atoms. The Morgan fingerprint density at radius 3 is 2.40 bits per heavy atom. The minimum atomic E-state index is 0.223. The fraction of sp³-hybridized carbons (Fsp3) is 0.765. The van der Waals surface area contributed by atoms with Crippen molar-refractivity contribution in [3.63, 3.8) is 0 Å². The molecule has 0 saturated heterocycles. The topological polar surface area (TPSA) is 15.3 Å². The highest BCUT2D eigenvalue weighted by Crippen LogP contribution is 2.26. The summed E-state index contributed by atoms with van der Waals surface area (Å²) >= 11 is 1.80. The van der Waals surface area contributed by atoms with E-state index in [9.17, 15) is 0 Å². The van der Waals surface area contributed by atoms with Gasteiger partial charge in [-0.1, -0.05) is 27.7 Å². The third-order valence-corrected chi connectivity index (χ3v) is 5.35. The van der Waals surface area contributed by atoms with Crippen LogP contribution in [0, 0.1) is 0 Å². The monoisotopic (exact) mass is 296 g/mol. The van der Waals surface area contributed by atoms with Crippen molar-refractivity contribution < 1.29 is 0 Å². The lowest BCUT2D eigenvalue weighted by Gasteiger charge is -2.46. The van der Waals surface area contributed by atoms with Gasteiger partial charge in [0.2, 0.25) is 0 Å². The van der Waals surface area contributed by atoms with Crippen molar-refractivity contribution in [2.24, 2.45) is 0 Å². The van der Waals surface area contributed by atoms with E-state index >= 15 is 0 Å². The summed E-state index contributed by atoms with van der Waals surface area (Å²) in [5, 5.41) is 8.29. The molecule has 1 aromatic heterocycles. The van der Waals surface area contributed by atoms with E-state index in [4.69, 9.17) is 0 Å². The molecule has 2 nitrogen and oxygen atoms in total. The molecule has 116 valence electrons. The third kappa shape index (κ3) is 4.31. The van der Waals surface area contributed by atoms with Crippen molar-refractivity contribution in [2.45, 2.75) is 65.5 Å². The number of hydrogen-bond donors (Lipinski definition) is 1. The van der Waals surface area contributed by atoms with Crippen LogP contribution in [0.25, 0.3) is 0 Å². The molecule has 2 atom stereocenters. The summed E-state index contributed by atoms with van der Waals surface area (Å²) < 4.78 is 0. The maximum Gasteiger partial charge on any atom is 0.0334 e. The lowest BCUT2D eigenvalue weighted by molar-refractivity contribution is 0.0701. The molecule has 3 heteroatoms. The molecule has 0 fully saturated rings. The van der Waals surface area contributed by atoms with Crippen LogP contribution in [0.3, 0.4) is 0 Å².